The van der Waals surface area contributed by atoms with Gasteiger partial charge in [0.1, 0.15) is 23.6 Å². The smallest absolute Gasteiger partial charge is 0.409 e. The third-order valence-corrected chi connectivity index (χ3v) is 4.50. The van der Waals surface area contributed by atoms with Gasteiger partial charge in [-0.1, -0.05) is 35.0 Å². The molecule has 162 valence electrons. The lowest BCUT2D eigenvalue weighted by Gasteiger charge is -2.36. The van der Waals surface area contributed by atoms with E-state index in [0.717, 1.165) is 5.56 Å². The molecule has 0 aliphatic heterocycles. The number of nitrogens with one attached hydrogen (secondary N) is 1. The standard InChI is InChI=1S/C20H29BrN2O6/c1-6-16(22-19(27)29-20(2,3)4)23(17(24)12-21)15(18(25)26)11-13-7-9-14(28-5)10-8-13/h7-10,15-16H,6,11-12H2,1-5H3,(H,22,27)(H,25,26). The molecule has 1 aromatic carbocycles. The number of carbonyl (C=O) groups excluding carboxylic acids is 2. The number of methoxy groups -OCH3 is 1. The summed E-state index contributed by atoms with van der Waals surface area (Å²) in [6.45, 7) is 6.92. The summed E-state index contributed by atoms with van der Waals surface area (Å²) in [5.74, 6) is -0.972. The van der Waals surface area contributed by atoms with Gasteiger partial charge in [0.2, 0.25) is 5.91 Å². The molecule has 1 aromatic rings. The summed E-state index contributed by atoms with van der Waals surface area (Å²) in [7, 11) is 1.54. The van der Waals surface area contributed by atoms with Gasteiger partial charge in [0, 0.05) is 6.42 Å². The highest BCUT2D eigenvalue weighted by molar-refractivity contribution is 9.09. The summed E-state index contributed by atoms with van der Waals surface area (Å²) in [4.78, 5) is 38.1. The van der Waals surface area contributed by atoms with E-state index in [1.165, 1.54) is 4.90 Å². The van der Waals surface area contributed by atoms with E-state index in [9.17, 15) is 19.5 Å². The Morgan fingerprint density at radius 1 is 1.21 bits per heavy atom. The summed E-state index contributed by atoms with van der Waals surface area (Å²) in [5.41, 5.74) is -0.000220. The molecule has 9 heteroatoms. The second-order valence-electron chi connectivity index (χ2n) is 7.41. The molecule has 29 heavy (non-hydrogen) atoms. The zero-order valence-corrected chi connectivity index (χ0v) is 19.0. The van der Waals surface area contributed by atoms with E-state index in [2.05, 4.69) is 21.2 Å². The van der Waals surface area contributed by atoms with Crippen LogP contribution in [0.5, 0.6) is 5.75 Å². The fourth-order valence-electron chi connectivity index (χ4n) is 2.74. The fraction of sp³-hybridized carbons (Fsp3) is 0.550. The van der Waals surface area contributed by atoms with Crippen molar-refractivity contribution in [3.8, 4) is 5.75 Å². The van der Waals surface area contributed by atoms with Gasteiger partial charge >= 0.3 is 12.1 Å². The van der Waals surface area contributed by atoms with Crippen LogP contribution in [-0.4, -0.2) is 58.2 Å². The molecule has 2 atom stereocenters. The maximum Gasteiger partial charge on any atom is 0.409 e. The predicted octanol–water partition coefficient (Wildman–Crippen LogP) is 3.18. The van der Waals surface area contributed by atoms with Crippen molar-refractivity contribution in [1.82, 2.24) is 10.2 Å². The zero-order chi connectivity index (χ0) is 22.2. The van der Waals surface area contributed by atoms with Crippen molar-refractivity contribution < 1.29 is 29.0 Å². The second kappa shape index (κ2) is 11.0. The summed E-state index contributed by atoms with van der Waals surface area (Å²) < 4.78 is 10.4. The number of hydrogen-bond acceptors (Lipinski definition) is 5. The van der Waals surface area contributed by atoms with Gasteiger partial charge in [0.15, 0.2) is 0 Å². The Balaban J connectivity index is 3.15. The first kappa shape index (κ1) is 24.7. The molecule has 0 saturated carbocycles. The van der Waals surface area contributed by atoms with E-state index >= 15 is 0 Å². The molecular weight excluding hydrogens is 444 g/mol. The highest BCUT2D eigenvalue weighted by atomic mass is 79.9. The van der Waals surface area contributed by atoms with E-state index in [1.807, 2.05) is 0 Å². The summed E-state index contributed by atoms with van der Waals surface area (Å²) in [6.07, 6.45) is -1.17. The molecule has 0 spiro atoms. The Hall–Kier alpha value is -2.29. The van der Waals surface area contributed by atoms with Gasteiger partial charge in [-0.3, -0.25) is 4.79 Å². The van der Waals surface area contributed by atoms with E-state index in [0.29, 0.717) is 12.2 Å². The number of hydrogen-bond donors (Lipinski definition) is 2. The van der Waals surface area contributed by atoms with E-state index in [-0.39, 0.29) is 11.8 Å². The van der Waals surface area contributed by atoms with Crippen molar-refractivity contribution in [2.75, 3.05) is 12.4 Å². The summed E-state index contributed by atoms with van der Waals surface area (Å²) in [5, 5.41) is 12.4. The quantitative estimate of drug-likeness (QED) is 0.422. The second-order valence-corrected chi connectivity index (χ2v) is 7.97. The molecule has 0 aliphatic rings. The summed E-state index contributed by atoms with van der Waals surface area (Å²) >= 11 is 3.11. The maximum atomic E-state index is 12.6. The van der Waals surface area contributed by atoms with Crippen LogP contribution in [0, 0.1) is 0 Å². The van der Waals surface area contributed by atoms with E-state index in [1.54, 1.807) is 59.1 Å². The van der Waals surface area contributed by atoms with Gasteiger partial charge < -0.3 is 24.8 Å². The molecule has 0 aromatic heterocycles. The number of aliphatic carboxylic acids is 1. The molecule has 2 unspecified atom stereocenters. The van der Waals surface area contributed by atoms with Crippen LogP contribution >= 0.6 is 15.9 Å². The van der Waals surface area contributed by atoms with Crippen molar-refractivity contribution in [2.24, 2.45) is 0 Å². The number of ether oxygens (including phenoxy) is 2. The van der Waals surface area contributed by atoms with E-state index in [4.69, 9.17) is 9.47 Å². The SMILES string of the molecule is CCC(NC(=O)OC(C)(C)C)N(C(=O)CBr)C(Cc1ccc(OC)cc1)C(=O)O. The van der Waals surface area contributed by atoms with Crippen LogP contribution < -0.4 is 10.1 Å². The molecule has 0 saturated heterocycles. The molecule has 0 radical (unpaired) electrons. The first-order valence-corrected chi connectivity index (χ1v) is 10.4. The van der Waals surface area contributed by atoms with Crippen LogP contribution in [0.1, 0.15) is 39.7 Å². The molecule has 1 rings (SSSR count). The zero-order valence-electron chi connectivity index (χ0n) is 17.4. The highest BCUT2D eigenvalue weighted by Gasteiger charge is 2.35. The number of carboxylic acids is 1. The Labute approximate surface area is 179 Å². The Kier molecular flexibility index (Phi) is 9.42. The monoisotopic (exact) mass is 472 g/mol. The van der Waals surface area contributed by atoms with Gasteiger partial charge in [-0.05, 0) is 44.9 Å². The Bertz CT molecular complexity index is 702. The molecule has 0 fully saturated rings. The van der Waals surface area contributed by atoms with Gasteiger partial charge in [0.05, 0.1) is 12.4 Å². The van der Waals surface area contributed by atoms with Crippen molar-refractivity contribution in [3.05, 3.63) is 29.8 Å². The van der Waals surface area contributed by atoms with Crippen molar-refractivity contribution in [3.63, 3.8) is 0 Å². The number of alkyl halides is 1. The topological polar surface area (TPSA) is 105 Å². The average Bonchev–Trinajstić information content (AvgIpc) is 2.65. The van der Waals surface area contributed by atoms with Crippen LogP contribution in [0.15, 0.2) is 24.3 Å². The minimum absolute atomic E-state index is 0.0740. The molecule has 2 amide bonds. The minimum atomic E-state index is -1.17. The number of carboxylic acid groups (broad SMARTS) is 1. The van der Waals surface area contributed by atoms with Gasteiger partial charge in [0.25, 0.3) is 0 Å². The van der Waals surface area contributed by atoms with Crippen LogP contribution in [0.3, 0.4) is 0 Å². The number of carbonyl (C=O) groups is 3. The van der Waals surface area contributed by atoms with Crippen LogP contribution in [-0.2, 0) is 20.7 Å². The third kappa shape index (κ3) is 7.92. The minimum Gasteiger partial charge on any atom is -0.497 e. The third-order valence-electron chi connectivity index (χ3n) is 4.02. The number of amides is 2. The lowest BCUT2D eigenvalue weighted by Crippen LogP contribution is -2.58. The molecule has 8 nitrogen and oxygen atoms in total. The van der Waals surface area contributed by atoms with Crippen LogP contribution in [0.25, 0.3) is 0 Å². The van der Waals surface area contributed by atoms with Crippen LogP contribution in [0.4, 0.5) is 4.79 Å². The molecule has 0 aliphatic carbocycles. The van der Waals surface area contributed by atoms with E-state index < -0.39 is 35.8 Å². The largest absolute Gasteiger partial charge is 0.497 e. The number of rotatable bonds is 9. The number of nitrogens with zero attached hydrogens (tertiary/aromatic N) is 1. The first-order chi connectivity index (χ1) is 13.5. The van der Waals surface area contributed by atoms with Crippen molar-refractivity contribution in [1.29, 1.82) is 0 Å². The molecular formula is C20H29BrN2O6. The van der Waals surface area contributed by atoms with Crippen molar-refractivity contribution in [2.45, 2.75) is 58.3 Å². The van der Waals surface area contributed by atoms with Gasteiger partial charge in [-0.15, -0.1) is 0 Å². The Morgan fingerprint density at radius 2 is 1.79 bits per heavy atom. The number of alkyl carbamates (subject to hydrolysis) is 1. The lowest BCUT2D eigenvalue weighted by atomic mass is 10.0. The fourth-order valence-corrected chi connectivity index (χ4v) is 3.02. The van der Waals surface area contributed by atoms with Gasteiger partial charge in [-0.25, -0.2) is 9.59 Å². The molecule has 0 heterocycles. The predicted molar refractivity (Wildman–Crippen MR) is 112 cm³/mol. The normalized spacial score (nSPS) is 13.2. The Morgan fingerprint density at radius 3 is 2.21 bits per heavy atom. The number of halogens is 1. The van der Waals surface area contributed by atoms with Crippen LogP contribution in [0.2, 0.25) is 0 Å². The molecule has 2 N–H and O–H groups in total. The maximum absolute atomic E-state index is 12.6. The van der Waals surface area contributed by atoms with Gasteiger partial charge in [-0.2, -0.15) is 0 Å². The first-order valence-electron chi connectivity index (χ1n) is 9.24. The molecule has 0 bridgehead atoms. The summed E-state index contributed by atoms with van der Waals surface area (Å²) in [6, 6.07) is 5.76. The average molecular weight is 473 g/mol. The van der Waals surface area contributed by atoms with Crippen molar-refractivity contribution >= 4 is 33.9 Å². The number of benzene rings is 1. The highest BCUT2D eigenvalue weighted by Crippen LogP contribution is 2.18. The lowest BCUT2D eigenvalue weighted by molar-refractivity contribution is -0.152.